The number of likely N-dealkylation sites (tertiary alicyclic amines) is 1. The van der Waals surface area contributed by atoms with Gasteiger partial charge < -0.3 is 10.1 Å². The molecule has 2 aromatic rings. The van der Waals surface area contributed by atoms with Gasteiger partial charge in [-0.3, -0.25) is 9.69 Å². The molecule has 0 spiro atoms. The Kier molecular flexibility index (Phi) is 6.23. The second-order valence-electron chi connectivity index (χ2n) is 6.78. The maximum atomic E-state index is 13.5. The highest BCUT2D eigenvalue weighted by Gasteiger charge is 2.18. The highest BCUT2D eigenvalue weighted by molar-refractivity contribution is 5.91. The first-order chi connectivity index (χ1) is 12.6. The van der Waals surface area contributed by atoms with Crippen LogP contribution in [0.15, 0.2) is 48.5 Å². The molecule has 1 saturated heterocycles. The Morgan fingerprint density at radius 3 is 2.69 bits per heavy atom. The van der Waals surface area contributed by atoms with Crippen LogP contribution < -0.4 is 10.1 Å². The Balaban J connectivity index is 1.49. The quantitative estimate of drug-likeness (QED) is 0.843. The van der Waals surface area contributed by atoms with E-state index in [4.69, 9.17) is 4.74 Å². The van der Waals surface area contributed by atoms with E-state index in [0.717, 1.165) is 13.1 Å². The molecule has 0 aromatic heterocycles. The molecule has 1 amide bonds. The van der Waals surface area contributed by atoms with Crippen molar-refractivity contribution in [2.24, 2.45) is 0 Å². The molecular weight excluding hydrogens is 331 g/mol. The molecule has 1 atom stereocenters. The van der Waals surface area contributed by atoms with Crippen LogP contribution in [0.2, 0.25) is 0 Å². The standard InChI is InChI=1S/C21H25FN2O2/c1-16-6-4-5-13-24(16)14-17-9-11-18(12-10-17)23-21(25)15-26-20-8-3-2-7-19(20)22/h2-3,7-12,16H,4-6,13-15H2,1H3,(H,23,25). The lowest BCUT2D eigenvalue weighted by Crippen LogP contribution is -2.36. The summed E-state index contributed by atoms with van der Waals surface area (Å²) in [7, 11) is 0. The zero-order chi connectivity index (χ0) is 18.4. The molecule has 1 unspecified atom stereocenters. The molecule has 1 fully saturated rings. The maximum absolute atomic E-state index is 13.5. The number of carbonyl (C=O) groups excluding carboxylic acids is 1. The number of para-hydroxylation sites is 1. The van der Waals surface area contributed by atoms with Gasteiger partial charge in [-0.15, -0.1) is 0 Å². The first-order valence-electron chi connectivity index (χ1n) is 9.12. The summed E-state index contributed by atoms with van der Waals surface area (Å²) in [4.78, 5) is 14.5. The molecule has 4 nitrogen and oxygen atoms in total. The van der Waals surface area contributed by atoms with Crippen molar-refractivity contribution < 1.29 is 13.9 Å². The van der Waals surface area contributed by atoms with Gasteiger partial charge in [-0.1, -0.05) is 30.7 Å². The van der Waals surface area contributed by atoms with Gasteiger partial charge in [0.25, 0.3) is 5.91 Å². The number of nitrogens with zero attached hydrogens (tertiary/aromatic N) is 1. The van der Waals surface area contributed by atoms with E-state index >= 15 is 0 Å². The number of carbonyl (C=O) groups is 1. The van der Waals surface area contributed by atoms with Crippen LogP contribution >= 0.6 is 0 Å². The minimum atomic E-state index is -0.475. The number of hydrogen-bond acceptors (Lipinski definition) is 3. The molecule has 5 heteroatoms. The molecule has 3 rings (SSSR count). The van der Waals surface area contributed by atoms with Crippen LogP contribution in [0.4, 0.5) is 10.1 Å². The van der Waals surface area contributed by atoms with Crippen LogP contribution in [0.25, 0.3) is 0 Å². The minimum Gasteiger partial charge on any atom is -0.481 e. The van der Waals surface area contributed by atoms with Crippen molar-refractivity contribution in [3.05, 3.63) is 59.9 Å². The van der Waals surface area contributed by atoms with Crippen molar-refractivity contribution >= 4 is 11.6 Å². The van der Waals surface area contributed by atoms with Gasteiger partial charge in [-0.25, -0.2) is 4.39 Å². The second-order valence-corrected chi connectivity index (χ2v) is 6.78. The van der Waals surface area contributed by atoms with E-state index in [1.807, 2.05) is 24.3 Å². The van der Waals surface area contributed by atoms with Crippen LogP contribution in [-0.2, 0) is 11.3 Å². The summed E-state index contributed by atoms with van der Waals surface area (Å²) in [6.45, 7) is 4.14. The molecule has 1 heterocycles. The van der Waals surface area contributed by atoms with Crippen molar-refractivity contribution in [1.29, 1.82) is 0 Å². The number of benzene rings is 2. The number of anilines is 1. The average Bonchev–Trinajstić information content (AvgIpc) is 2.64. The molecule has 138 valence electrons. The third-order valence-electron chi connectivity index (χ3n) is 4.76. The van der Waals surface area contributed by atoms with Gasteiger partial charge in [0, 0.05) is 18.3 Å². The van der Waals surface area contributed by atoms with Crippen molar-refractivity contribution in [2.75, 3.05) is 18.5 Å². The van der Waals surface area contributed by atoms with Crippen molar-refractivity contribution in [3.8, 4) is 5.75 Å². The largest absolute Gasteiger partial charge is 0.481 e. The summed E-state index contributed by atoms with van der Waals surface area (Å²) < 4.78 is 18.7. The van der Waals surface area contributed by atoms with Crippen LogP contribution in [0.5, 0.6) is 5.75 Å². The molecule has 0 radical (unpaired) electrons. The molecular formula is C21H25FN2O2. The lowest BCUT2D eigenvalue weighted by molar-refractivity contribution is -0.118. The van der Waals surface area contributed by atoms with Crippen LogP contribution in [0, 0.1) is 5.82 Å². The Morgan fingerprint density at radius 1 is 1.19 bits per heavy atom. The highest BCUT2D eigenvalue weighted by Crippen LogP contribution is 2.20. The Hall–Kier alpha value is -2.40. The van der Waals surface area contributed by atoms with Gasteiger partial charge in [-0.2, -0.15) is 0 Å². The third-order valence-corrected chi connectivity index (χ3v) is 4.76. The minimum absolute atomic E-state index is 0.0775. The third kappa shape index (κ3) is 5.05. The van der Waals surface area contributed by atoms with E-state index in [1.54, 1.807) is 12.1 Å². The van der Waals surface area contributed by atoms with Gasteiger partial charge in [0.05, 0.1) is 0 Å². The van der Waals surface area contributed by atoms with Crippen LogP contribution in [0.3, 0.4) is 0 Å². The predicted molar refractivity (Wildman–Crippen MR) is 101 cm³/mol. The summed E-state index contributed by atoms with van der Waals surface area (Å²) in [6, 6.07) is 14.5. The van der Waals surface area contributed by atoms with E-state index in [0.29, 0.717) is 11.7 Å². The molecule has 1 N–H and O–H groups in total. The van der Waals surface area contributed by atoms with Gasteiger partial charge in [0.15, 0.2) is 18.2 Å². The fraction of sp³-hybridized carbons (Fsp3) is 0.381. The monoisotopic (exact) mass is 356 g/mol. The first kappa shape index (κ1) is 18.4. The van der Waals surface area contributed by atoms with Gasteiger partial charge >= 0.3 is 0 Å². The summed E-state index contributed by atoms with van der Waals surface area (Å²) in [5.74, 6) is -0.712. The van der Waals surface area contributed by atoms with E-state index in [-0.39, 0.29) is 18.3 Å². The summed E-state index contributed by atoms with van der Waals surface area (Å²) in [6.07, 6.45) is 3.84. The topological polar surface area (TPSA) is 41.6 Å². The summed E-state index contributed by atoms with van der Waals surface area (Å²) >= 11 is 0. The lowest BCUT2D eigenvalue weighted by Gasteiger charge is -2.33. The van der Waals surface area contributed by atoms with Gasteiger partial charge in [0.1, 0.15) is 0 Å². The van der Waals surface area contributed by atoms with Crippen LogP contribution in [-0.4, -0.2) is 30.0 Å². The molecule has 26 heavy (non-hydrogen) atoms. The molecule has 0 bridgehead atoms. The molecule has 2 aromatic carbocycles. The number of halogens is 1. The Morgan fingerprint density at radius 2 is 1.96 bits per heavy atom. The first-order valence-corrected chi connectivity index (χ1v) is 9.12. The Bertz CT molecular complexity index is 733. The number of amides is 1. The zero-order valence-electron chi connectivity index (χ0n) is 15.1. The average molecular weight is 356 g/mol. The SMILES string of the molecule is CC1CCCCN1Cc1ccc(NC(=O)COc2ccccc2F)cc1. The molecule has 0 saturated carbocycles. The molecule has 1 aliphatic rings. The molecule has 1 aliphatic heterocycles. The smallest absolute Gasteiger partial charge is 0.262 e. The van der Waals surface area contributed by atoms with Crippen molar-refractivity contribution in [3.63, 3.8) is 0 Å². The van der Waals surface area contributed by atoms with Crippen molar-refractivity contribution in [2.45, 2.75) is 38.8 Å². The zero-order valence-corrected chi connectivity index (χ0v) is 15.1. The van der Waals surface area contributed by atoms with Crippen molar-refractivity contribution in [1.82, 2.24) is 4.90 Å². The van der Waals surface area contributed by atoms with Crippen LogP contribution in [0.1, 0.15) is 31.7 Å². The van der Waals surface area contributed by atoms with Gasteiger partial charge in [0.2, 0.25) is 0 Å². The number of piperidine rings is 1. The van der Waals surface area contributed by atoms with Gasteiger partial charge in [-0.05, 0) is 56.1 Å². The summed E-state index contributed by atoms with van der Waals surface area (Å²) in [5, 5.41) is 2.77. The van der Waals surface area contributed by atoms with E-state index < -0.39 is 5.82 Å². The Labute approximate surface area is 154 Å². The lowest BCUT2D eigenvalue weighted by atomic mass is 10.0. The summed E-state index contributed by atoms with van der Waals surface area (Å²) in [5.41, 5.74) is 1.95. The predicted octanol–water partition coefficient (Wildman–Crippen LogP) is 4.22. The second kappa shape index (κ2) is 8.81. The number of hydrogen-bond donors (Lipinski definition) is 1. The van der Waals surface area contributed by atoms with E-state index in [9.17, 15) is 9.18 Å². The maximum Gasteiger partial charge on any atom is 0.262 e. The number of rotatable bonds is 6. The highest BCUT2D eigenvalue weighted by atomic mass is 19.1. The fourth-order valence-electron chi connectivity index (χ4n) is 3.22. The van der Waals surface area contributed by atoms with E-state index in [2.05, 4.69) is 17.1 Å². The normalized spacial score (nSPS) is 17.7. The van der Waals surface area contributed by atoms with E-state index in [1.165, 1.54) is 37.0 Å². The number of nitrogens with one attached hydrogen (secondary N) is 1. The fourth-order valence-corrected chi connectivity index (χ4v) is 3.22. The number of ether oxygens (including phenoxy) is 1. The molecule has 0 aliphatic carbocycles.